The van der Waals surface area contributed by atoms with Crippen LogP contribution in [0.4, 0.5) is 0 Å². The van der Waals surface area contributed by atoms with Gasteiger partial charge in [-0.25, -0.2) is 0 Å². The van der Waals surface area contributed by atoms with Gasteiger partial charge in [-0.05, 0) is 7.05 Å². The normalized spacial score (nSPS) is 18.8. The van der Waals surface area contributed by atoms with Crippen LogP contribution >= 0.6 is 0 Å². The highest BCUT2D eigenvalue weighted by Crippen LogP contribution is 2.06. The number of aliphatic carboxylic acids is 1. The van der Waals surface area contributed by atoms with Gasteiger partial charge >= 0.3 is 5.97 Å². The minimum absolute atomic E-state index is 0.192. The number of carboxylic acids is 1. The number of hydrogen-bond donors (Lipinski definition) is 6. The fourth-order valence-electron chi connectivity index (χ4n) is 1.29. The van der Waals surface area contributed by atoms with Crippen molar-refractivity contribution >= 4 is 5.97 Å². The molecular formula is C9H19NO7. The molecule has 0 radical (unpaired) electrons. The Hall–Kier alpha value is -0.770. The predicted molar refractivity (Wildman–Crippen MR) is 56.2 cm³/mol. The van der Waals surface area contributed by atoms with E-state index in [2.05, 4.69) is 0 Å². The van der Waals surface area contributed by atoms with E-state index in [9.17, 15) is 20.1 Å². The lowest BCUT2D eigenvalue weighted by Crippen LogP contribution is -2.49. The molecule has 8 heteroatoms. The summed E-state index contributed by atoms with van der Waals surface area (Å²) < 4.78 is 0. The summed E-state index contributed by atoms with van der Waals surface area (Å²) in [6.45, 7) is -1.28. The molecule has 0 aliphatic rings. The van der Waals surface area contributed by atoms with Gasteiger partial charge < -0.3 is 30.6 Å². The SMILES string of the molecule is CN(CC(=O)O)C[C@H](O)[C@H](O)[C@H](O)[C@H](O)CO. The largest absolute Gasteiger partial charge is 0.480 e. The first-order valence-corrected chi connectivity index (χ1v) is 5.03. The van der Waals surface area contributed by atoms with Crippen LogP contribution in [0.5, 0.6) is 0 Å². The van der Waals surface area contributed by atoms with Crippen LogP contribution in [0.25, 0.3) is 0 Å². The highest BCUT2D eigenvalue weighted by atomic mass is 16.4. The molecule has 0 aromatic rings. The first kappa shape index (κ1) is 16.2. The molecule has 4 atom stereocenters. The zero-order valence-corrected chi connectivity index (χ0v) is 9.47. The predicted octanol–water partition coefficient (Wildman–Crippen LogP) is -3.56. The van der Waals surface area contributed by atoms with Crippen molar-refractivity contribution in [3.8, 4) is 0 Å². The van der Waals surface area contributed by atoms with Crippen molar-refractivity contribution in [2.45, 2.75) is 24.4 Å². The maximum absolute atomic E-state index is 10.3. The van der Waals surface area contributed by atoms with Gasteiger partial charge in [0.05, 0.1) is 19.3 Å². The van der Waals surface area contributed by atoms with E-state index in [1.165, 1.54) is 11.9 Å². The molecule has 0 aromatic heterocycles. The lowest BCUT2D eigenvalue weighted by Gasteiger charge is -2.27. The molecule has 0 aliphatic heterocycles. The van der Waals surface area contributed by atoms with Crippen LogP contribution in [-0.2, 0) is 4.79 Å². The summed E-state index contributed by atoms with van der Waals surface area (Å²) in [6, 6.07) is 0. The molecule has 0 fully saturated rings. The van der Waals surface area contributed by atoms with Crippen LogP contribution < -0.4 is 0 Å². The number of nitrogens with zero attached hydrogens (tertiary/aromatic N) is 1. The van der Waals surface area contributed by atoms with Gasteiger partial charge in [0.2, 0.25) is 0 Å². The molecule has 0 aromatic carbocycles. The Morgan fingerprint density at radius 3 is 2.00 bits per heavy atom. The van der Waals surface area contributed by atoms with Gasteiger partial charge in [-0.3, -0.25) is 9.69 Å². The summed E-state index contributed by atoms with van der Waals surface area (Å²) in [7, 11) is 1.42. The number of carbonyl (C=O) groups is 1. The second-order valence-corrected chi connectivity index (χ2v) is 3.89. The summed E-state index contributed by atoms with van der Waals surface area (Å²) in [5.74, 6) is -1.09. The van der Waals surface area contributed by atoms with Crippen LogP contribution in [0.1, 0.15) is 0 Å². The van der Waals surface area contributed by atoms with E-state index >= 15 is 0 Å². The molecule has 0 spiro atoms. The molecule has 6 N–H and O–H groups in total. The summed E-state index contributed by atoms with van der Waals surface area (Å²) in [4.78, 5) is 11.6. The first-order valence-electron chi connectivity index (χ1n) is 5.03. The van der Waals surface area contributed by atoms with Crippen LogP contribution in [0.2, 0.25) is 0 Å². The molecule has 17 heavy (non-hydrogen) atoms. The summed E-state index contributed by atoms with van der Waals surface area (Å²) in [5.41, 5.74) is 0. The van der Waals surface area contributed by atoms with Gasteiger partial charge in [0.1, 0.15) is 18.3 Å². The molecule has 0 amide bonds. The quantitative estimate of drug-likeness (QED) is 0.261. The van der Waals surface area contributed by atoms with Gasteiger partial charge in [0.15, 0.2) is 0 Å². The van der Waals surface area contributed by atoms with Crippen LogP contribution in [0.3, 0.4) is 0 Å². The molecule has 0 saturated heterocycles. The highest BCUT2D eigenvalue weighted by Gasteiger charge is 2.30. The monoisotopic (exact) mass is 253 g/mol. The topological polar surface area (TPSA) is 142 Å². The van der Waals surface area contributed by atoms with E-state index in [1.807, 2.05) is 0 Å². The second kappa shape index (κ2) is 7.54. The molecule has 0 unspecified atom stereocenters. The van der Waals surface area contributed by atoms with E-state index < -0.39 is 37.0 Å². The second-order valence-electron chi connectivity index (χ2n) is 3.89. The van der Waals surface area contributed by atoms with Crippen molar-refractivity contribution in [2.24, 2.45) is 0 Å². The Kier molecular flexibility index (Phi) is 7.19. The van der Waals surface area contributed by atoms with E-state index in [4.69, 9.17) is 15.3 Å². The molecule has 0 heterocycles. The van der Waals surface area contributed by atoms with Crippen LogP contribution in [-0.4, -0.2) is 92.7 Å². The Labute approximate surface area is 98.3 Å². The average Bonchev–Trinajstić information content (AvgIpc) is 2.24. The number of aliphatic hydroxyl groups excluding tert-OH is 5. The first-order chi connectivity index (χ1) is 7.79. The average molecular weight is 253 g/mol. The van der Waals surface area contributed by atoms with E-state index in [0.717, 1.165) is 0 Å². The zero-order valence-electron chi connectivity index (χ0n) is 9.47. The van der Waals surface area contributed by atoms with E-state index in [1.54, 1.807) is 0 Å². The maximum Gasteiger partial charge on any atom is 0.317 e. The van der Waals surface area contributed by atoms with Crippen LogP contribution in [0.15, 0.2) is 0 Å². The summed E-state index contributed by atoms with van der Waals surface area (Å²) in [5, 5.41) is 54.3. The smallest absolute Gasteiger partial charge is 0.317 e. The van der Waals surface area contributed by atoms with E-state index in [-0.39, 0.29) is 13.1 Å². The summed E-state index contributed by atoms with van der Waals surface area (Å²) >= 11 is 0. The molecule has 8 nitrogen and oxygen atoms in total. The molecular weight excluding hydrogens is 234 g/mol. The van der Waals surface area contributed by atoms with Gasteiger partial charge in [0, 0.05) is 6.54 Å². The van der Waals surface area contributed by atoms with Crippen molar-refractivity contribution in [3.63, 3.8) is 0 Å². The molecule has 0 saturated carbocycles. The Bertz CT molecular complexity index is 237. The van der Waals surface area contributed by atoms with Gasteiger partial charge in [-0.2, -0.15) is 0 Å². The van der Waals surface area contributed by atoms with Gasteiger partial charge in [-0.15, -0.1) is 0 Å². The third-order valence-electron chi connectivity index (χ3n) is 2.23. The minimum atomic E-state index is -1.70. The minimum Gasteiger partial charge on any atom is -0.480 e. The zero-order chi connectivity index (χ0) is 13.6. The number of carboxylic acid groups (broad SMARTS) is 1. The molecule has 0 bridgehead atoms. The van der Waals surface area contributed by atoms with Crippen molar-refractivity contribution in [2.75, 3.05) is 26.7 Å². The Morgan fingerprint density at radius 1 is 1.12 bits per heavy atom. The number of aliphatic hydroxyl groups is 5. The molecule has 0 aliphatic carbocycles. The van der Waals surface area contributed by atoms with Gasteiger partial charge in [0.25, 0.3) is 0 Å². The lowest BCUT2D eigenvalue weighted by molar-refractivity contribution is -0.139. The van der Waals surface area contributed by atoms with Crippen molar-refractivity contribution in [1.29, 1.82) is 0 Å². The number of rotatable bonds is 8. The fourth-order valence-corrected chi connectivity index (χ4v) is 1.29. The van der Waals surface area contributed by atoms with Crippen molar-refractivity contribution in [3.05, 3.63) is 0 Å². The number of hydrogen-bond acceptors (Lipinski definition) is 7. The standard InChI is InChI=1S/C9H19NO7/c1-10(3-7(14)15)2-5(12)8(16)9(17)6(13)4-11/h5-6,8-9,11-13,16-17H,2-4H2,1H3,(H,14,15)/t5-,6+,8-,9+/m0/s1. The van der Waals surface area contributed by atoms with Crippen molar-refractivity contribution in [1.82, 2.24) is 4.90 Å². The Balaban J connectivity index is 4.20. The van der Waals surface area contributed by atoms with Gasteiger partial charge in [-0.1, -0.05) is 0 Å². The molecule has 102 valence electrons. The maximum atomic E-state index is 10.3. The third-order valence-corrected chi connectivity index (χ3v) is 2.23. The van der Waals surface area contributed by atoms with E-state index in [0.29, 0.717) is 0 Å². The Morgan fingerprint density at radius 2 is 1.59 bits per heavy atom. The lowest BCUT2D eigenvalue weighted by atomic mass is 10.0. The summed E-state index contributed by atoms with van der Waals surface area (Å²) in [6.07, 6.45) is -6.37. The van der Waals surface area contributed by atoms with Crippen LogP contribution in [0, 0.1) is 0 Å². The fraction of sp³-hybridized carbons (Fsp3) is 0.889. The highest BCUT2D eigenvalue weighted by molar-refractivity contribution is 5.68. The van der Waals surface area contributed by atoms with Crippen molar-refractivity contribution < 1.29 is 35.4 Å². The molecule has 0 rings (SSSR count). The third kappa shape index (κ3) is 5.91. The number of likely N-dealkylation sites (N-methyl/N-ethyl adjacent to an activating group) is 1.